The van der Waals surface area contributed by atoms with Gasteiger partial charge in [0.1, 0.15) is 0 Å². The Morgan fingerprint density at radius 1 is 1.00 bits per heavy atom. The average molecular weight is 224 g/mol. The van der Waals surface area contributed by atoms with Crippen molar-refractivity contribution >= 4 is 23.5 Å². The second kappa shape index (κ2) is 5.21. The maximum absolute atomic E-state index is 5.93. The minimum atomic E-state index is 0.788. The molecule has 0 fully saturated rings. The van der Waals surface area contributed by atoms with Crippen LogP contribution in [0.15, 0.2) is 48.5 Å². The molecule has 0 heterocycles. The van der Waals surface area contributed by atoms with E-state index in [1.165, 1.54) is 5.56 Å². The highest BCUT2D eigenvalue weighted by Crippen LogP contribution is 2.20. The van der Waals surface area contributed by atoms with E-state index in [4.69, 9.17) is 5.73 Å². The van der Waals surface area contributed by atoms with Crippen molar-refractivity contribution in [1.29, 1.82) is 0 Å². The van der Waals surface area contributed by atoms with Crippen LogP contribution in [0.2, 0.25) is 0 Å². The van der Waals surface area contributed by atoms with E-state index in [0.29, 0.717) is 0 Å². The summed E-state index contributed by atoms with van der Waals surface area (Å²) in [5.74, 6) is 0. The van der Waals surface area contributed by atoms with Crippen LogP contribution in [-0.2, 0) is 0 Å². The van der Waals surface area contributed by atoms with E-state index in [9.17, 15) is 0 Å². The molecular formula is C15H16N2. The van der Waals surface area contributed by atoms with Crippen molar-refractivity contribution in [2.75, 3.05) is 18.1 Å². The van der Waals surface area contributed by atoms with E-state index in [-0.39, 0.29) is 0 Å². The lowest BCUT2D eigenvalue weighted by Gasteiger charge is -2.04. The third-order valence-corrected chi connectivity index (χ3v) is 2.63. The van der Waals surface area contributed by atoms with E-state index in [1.807, 2.05) is 49.5 Å². The summed E-state index contributed by atoms with van der Waals surface area (Å²) in [6.07, 6.45) is 4.09. The number of hydrogen-bond donors (Lipinski definition) is 2. The fourth-order valence-corrected chi connectivity index (χ4v) is 1.62. The van der Waals surface area contributed by atoms with Gasteiger partial charge in [-0.2, -0.15) is 0 Å². The number of hydrogen-bond acceptors (Lipinski definition) is 2. The van der Waals surface area contributed by atoms with Crippen molar-refractivity contribution in [2.45, 2.75) is 0 Å². The molecule has 2 aromatic carbocycles. The molecule has 86 valence electrons. The van der Waals surface area contributed by atoms with E-state index >= 15 is 0 Å². The maximum Gasteiger partial charge on any atom is 0.0389 e. The summed E-state index contributed by atoms with van der Waals surface area (Å²) in [6, 6.07) is 16.1. The molecule has 17 heavy (non-hydrogen) atoms. The van der Waals surface area contributed by atoms with Gasteiger partial charge in [0.05, 0.1) is 0 Å². The van der Waals surface area contributed by atoms with Crippen molar-refractivity contribution in [3.05, 3.63) is 59.7 Å². The molecule has 0 atom stereocenters. The van der Waals surface area contributed by atoms with Crippen LogP contribution in [0.3, 0.4) is 0 Å². The summed E-state index contributed by atoms with van der Waals surface area (Å²) in [6.45, 7) is 0. The van der Waals surface area contributed by atoms with Crippen LogP contribution in [0.5, 0.6) is 0 Å². The molecule has 0 aliphatic carbocycles. The molecule has 0 radical (unpaired) electrons. The van der Waals surface area contributed by atoms with Crippen LogP contribution in [0.1, 0.15) is 11.1 Å². The average Bonchev–Trinajstić information content (AvgIpc) is 2.39. The fraction of sp³-hybridized carbons (Fsp3) is 0.0667. The molecule has 2 nitrogen and oxygen atoms in total. The highest BCUT2D eigenvalue weighted by atomic mass is 14.8. The maximum atomic E-state index is 5.93. The predicted octanol–water partition coefficient (Wildman–Crippen LogP) is 3.48. The first-order valence-electron chi connectivity index (χ1n) is 5.60. The minimum Gasteiger partial charge on any atom is -0.398 e. The lowest BCUT2D eigenvalue weighted by Crippen LogP contribution is -1.92. The van der Waals surface area contributed by atoms with Gasteiger partial charge in [-0.3, -0.25) is 0 Å². The van der Waals surface area contributed by atoms with Crippen LogP contribution in [0.25, 0.3) is 12.2 Å². The SMILES string of the molecule is CNc1ccc(N)c(C=Cc2ccccc2)c1. The van der Waals surface area contributed by atoms with Gasteiger partial charge >= 0.3 is 0 Å². The molecule has 3 N–H and O–H groups in total. The Kier molecular flexibility index (Phi) is 3.46. The smallest absolute Gasteiger partial charge is 0.0389 e. The predicted molar refractivity (Wildman–Crippen MR) is 75.8 cm³/mol. The number of nitrogens with one attached hydrogen (secondary N) is 1. The zero-order valence-corrected chi connectivity index (χ0v) is 9.85. The molecule has 2 heteroatoms. The molecule has 2 rings (SSSR count). The van der Waals surface area contributed by atoms with Crippen LogP contribution < -0.4 is 11.1 Å². The Labute approximate surface area is 102 Å². The van der Waals surface area contributed by atoms with Gasteiger partial charge in [0, 0.05) is 18.4 Å². The summed E-state index contributed by atoms with van der Waals surface area (Å²) < 4.78 is 0. The van der Waals surface area contributed by atoms with Gasteiger partial charge in [-0.1, -0.05) is 42.5 Å². The Morgan fingerprint density at radius 3 is 2.47 bits per heavy atom. The van der Waals surface area contributed by atoms with Crippen molar-refractivity contribution in [3.8, 4) is 0 Å². The quantitative estimate of drug-likeness (QED) is 0.618. The molecule has 0 saturated carbocycles. The molecule has 0 saturated heterocycles. The first-order valence-corrected chi connectivity index (χ1v) is 5.60. The van der Waals surface area contributed by atoms with Gasteiger partial charge in [0.15, 0.2) is 0 Å². The Balaban J connectivity index is 2.26. The van der Waals surface area contributed by atoms with Gasteiger partial charge in [-0.05, 0) is 29.3 Å². The van der Waals surface area contributed by atoms with Crippen molar-refractivity contribution in [3.63, 3.8) is 0 Å². The number of nitrogen functional groups attached to an aromatic ring is 1. The Bertz CT molecular complexity index is 516. The highest BCUT2D eigenvalue weighted by molar-refractivity contribution is 5.77. The van der Waals surface area contributed by atoms with Gasteiger partial charge in [0.25, 0.3) is 0 Å². The number of anilines is 2. The molecular weight excluding hydrogens is 208 g/mol. The summed E-state index contributed by atoms with van der Waals surface area (Å²) >= 11 is 0. The first kappa shape index (κ1) is 11.3. The molecule has 0 aliphatic heterocycles. The van der Waals surface area contributed by atoms with Crippen LogP contribution in [0, 0.1) is 0 Å². The van der Waals surface area contributed by atoms with Crippen LogP contribution in [0.4, 0.5) is 11.4 Å². The van der Waals surface area contributed by atoms with Crippen molar-refractivity contribution < 1.29 is 0 Å². The third kappa shape index (κ3) is 2.88. The van der Waals surface area contributed by atoms with Crippen molar-refractivity contribution in [1.82, 2.24) is 0 Å². The normalized spacial score (nSPS) is 10.6. The zero-order chi connectivity index (χ0) is 12.1. The largest absolute Gasteiger partial charge is 0.398 e. The summed E-state index contributed by atoms with van der Waals surface area (Å²) in [5.41, 5.74) is 9.98. The minimum absolute atomic E-state index is 0.788. The van der Waals surface area contributed by atoms with Gasteiger partial charge in [-0.15, -0.1) is 0 Å². The highest BCUT2D eigenvalue weighted by Gasteiger charge is 1.96. The second-order valence-electron chi connectivity index (χ2n) is 3.84. The lowest BCUT2D eigenvalue weighted by molar-refractivity contribution is 1.50. The van der Waals surface area contributed by atoms with Crippen LogP contribution >= 0.6 is 0 Å². The third-order valence-electron chi connectivity index (χ3n) is 2.63. The number of rotatable bonds is 3. The molecule has 0 amide bonds. The van der Waals surface area contributed by atoms with Gasteiger partial charge in [0.2, 0.25) is 0 Å². The summed E-state index contributed by atoms with van der Waals surface area (Å²) in [7, 11) is 1.90. The number of benzene rings is 2. The van der Waals surface area contributed by atoms with Gasteiger partial charge < -0.3 is 11.1 Å². The topological polar surface area (TPSA) is 38.0 Å². The molecule has 0 aliphatic rings. The van der Waals surface area contributed by atoms with Crippen molar-refractivity contribution in [2.24, 2.45) is 0 Å². The molecule has 0 spiro atoms. The molecule has 0 aromatic heterocycles. The lowest BCUT2D eigenvalue weighted by atomic mass is 10.1. The Hall–Kier alpha value is -2.22. The van der Waals surface area contributed by atoms with Crippen LogP contribution in [-0.4, -0.2) is 7.05 Å². The summed E-state index contributed by atoms with van der Waals surface area (Å²) in [4.78, 5) is 0. The number of nitrogens with two attached hydrogens (primary N) is 1. The first-order chi connectivity index (χ1) is 8.29. The monoisotopic (exact) mass is 224 g/mol. The fourth-order valence-electron chi connectivity index (χ4n) is 1.62. The molecule has 0 unspecified atom stereocenters. The Morgan fingerprint density at radius 2 is 1.76 bits per heavy atom. The molecule has 2 aromatic rings. The van der Waals surface area contributed by atoms with E-state index in [2.05, 4.69) is 23.5 Å². The zero-order valence-electron chi connectivity index (χ0n) is 9.85. The standard InChI is InChI=1S/C15H16N2/c1-17-14-9-10-15(16)13(11-14)8-7-12-5-3-2-4-6-12/h2-11,17H,16H2,1H3. The summed E-state index contributed by atoms with van der Waals surface area (Å²) in [5, 5.41) is 3.10. The second-order valence-corrected chi connectivity index (χ2v) is 3.84. The van der Waals surface area contributed by atoms with Gasteiger partial charge in [-0.25, -0.2) is 0 Å². The van der Waals surface area contributed by atoms with E-state index in [1.54, 1.807) is 0 Å². The molecule has 0 bridgehead atoms. The van der Waals surface area contributed by atoms with E-state index in [0.717, 1.165) is 16.9 Å². The van der Waals surface area contributed by atoms with E-state index < -0.39 is 0 Å².